The Balaban J connectivity index is 1.51. The minimum Gasteiger partial charge on any atom is -0.351 e. The maximum Gasteiger partial charge on any atom is 0.252 e. The molecule has 3 aromatic rings. The first kappa shape index (κ1) is 25.1. The van der Waals surface area contributed by atoms with Gasteiger partial charge in [0, 0.05) is 59.4 Å². The summed E-state index contributed by atoms with van der Waals surface area (Å²) < 4.78 is 35.4. The van der Waals surface area contributed by atoms with E-state index >= 15 is 0 Å². The Morgan fingerprint density at radius 2 is 1.97 bits per heavy atom. The molecular formula is C22H26N6O5S2. The summed E-state index contributed by atoms with van der Waals surface area (Å²) >= 11 is 0.624. The Labute approximate surface area is 206 Å². The van der Waals surface area contributed by atoms with Crippen molar-refractivity contribution in [2.75, 3.05) is 30.0 Å². The highest BCUT2D eigenvalue weighted by atomic mass is 32.2. The molecule has 0 aliphatic carbocycles. The first-order chi connectivity index (χ1) is 16.6. The van der Waals surface area contributed by atoms with Gasteiger partial charge in [-0.15, -0.1) is 0 Å². The molecule has 0 unspecified atom stereocenters. The predicted molar refractivity (Wildman–Crippen MR) is 135 cm³/mol. The van der Waals surface area contributed by atoms with Crippen molar-refractivity contribution < 1.29 is 17.8 Å². The number of hydrogen-bond donors (Lipinski definition) is 3. The third-order valence-electron chi connectivity index (χ3n) is 5.86. The van der Waals surface area contributed by atoms with Gasteiger partial charge >= 0.3 is 0 Å². The van der Waals surface area contributed by atoms with Gasteiger partial charge in [0.2, 0.25) is 21.9 Å². The number of anilines is 2. The number of amides is 1. The highest BCUT2D eigenvalue weighted by Gasteiger charge is 2.25. The van der Waals surface area contributed by atoms with Crippen LogP contribution in [-0.4, -0.2) is 63.1 Å². The van der Waals surface area contributed by atoms with E-state index in [1.54, 1.807) is 30.5 Å². The topological polar surface area (TPSA) is 147 Å². The lowest BCUT2D eigenvalue weighted by atomic mass is 10.1. The fourth-order valence-corrected chi connectivity index (χ4v) is 5.21. The SMILES string of the molecule is Cc1cc(SO)ccc1NC(=O)Cn1c(=O)ccc2cnc(NC3CCN(S(C)(=O)=O)CC3)nc21. The second kappa shape index (κ2) is 10.3. The van der Waals surface area contributed by atoms with Gasteiger partial charge in [0.1, 0.15) is 12.2 Å². The number of piperidine rings is 1. The molecule has 1 aromatic carbocycles. The van der Waals surface area contributed by atoms with Gasteiger partial charge in [-0.05, 0) is 49.6 Å². The maximum atomic E-state index is 12.8. The van der Waals surface area contributed by atoms with E-state index in [9.17, 15) is 22.6 Å². The highest BCUT2D eigenvalue weighted by molar-refractivity contribution is 7.93. The van der Waals surface area contributed by atoms with Crippen molar-refractivity contribution in [3.63, 3.8) is 0 Å². The fraction of sp³-hybridized carbons (Fsp3) is 0.364. The Morgan fingerprint density at radius 3 is 2.63 bits per heavy atom. The number of aryl methyl sites for hydroxylation is 1. The molecule has 0 bridgehead atoms. The number of nitrogens with zero attached hydrogens (tertiary/aromatic N) is 4. The smallest absolute Gasteiger partial charge is 0.252 e. The molecule has 1 aliphatic heterocycles. The average molecular weight is 519 g/mol. The van der Waals surface area contributed by atoms with Gasteiger partial charge < -0.3 is 15.2 Å². The Morgan fingerprint density at radius 1 is 1.23 bits per heavy atom. The van der Waals surface area contributed by atoms with E-state index in [1.165, 1.54) is 21.2 Å². The summed E-state index contributed by atoms with van der Waals surface area (Å²) in [6, 6.07) is 8.08. The summed E-state index contributed by atoms with van der Waals surface area (Å²) in [4.78, 5) is 34.8. The van der Waals surface area contributed by atoms with Crippen LogP contribution in [-0.2, 0) is 21.4 Å². The van der Waals surface area contributed by atoms with Crippen molar-refractivity contribution in [1.29, 1.82) is 0 Å². The van der Waals surface area contributed by atoms with E-state index in [1.807, 2.05) is 6.92 Å². The van der Waals surface area contributed by atoms with Crippen molar-refractivity contribution >= 4 is 50.6 Å². The molecule has 13 heteroatoms. The first-order valence-corrected chi connectivity index (χ1v) is 13.6. The zero-order valence-electron chi connectivity index (χ0n) is 19.3. The first-order valence-electron chi connectivity index (χ1n) is 10.9. The number of carbonyl (C=O) groups is 1. The summed E-state index contributed by atoms with van der Waals surface area (Å²) in [5.74, 6) is -0.0867. The lowest BCUT2D eigenvalue weighted by Gasteiger charge is -2.30. The van der Waals surface area contributed by atoms with Crippen LogP contribution in [0.2, 0.25) is 0 Å². The summed E-state index contributed by atoms with van der Waals surface area (Å²) in [5, 5.41) is 6.62. The quantitative estimate of drug-likeness (QED) is 0.400. The zero-order chi connectivity index (χ0) is 25.2. The van der Waals surface area contributed by atoms with Gasteiger partial charge in [-0.25, -0.2) is 17.7 Å². The van der Waals surface area contributed by atoms with Crippen molar-refractivity contribution in [2.45, 2.75) is 37.2 Å². The molecule has 1 amide bonds. The van der Waals surface area contributed by atoms with Crippen LogP contribution in [0.25, 0.3) is 11.0 Å². The minimum atomic E-state index is -3.22. The zero-order valence-corrected chi connectivity index (χ0v) is 20.9. The van der Waals surface area contributed by atoms with Crippen LogP contribution in [0.1, 0.15) is 18.4 Å². The Bertz CT molecular complexity index is 1420. The van der Waals surface area contributed by atoms with Crippen LogP contribution < -0.4 is 16.2 Å². The molecule has 4 rings (SSSR count). The van der Waals surface area contributed by atoms with Crippen molar-refractivity contribution in [2.24, 2.45) is 0 Å². The minimum absolute atomic E-state index is 0.0133. The summed E-state index contributed by atoms with van der Waals surface area (Å²) in [6.07, 6.45) is 3.99. The van der Waals surface area contributed by atoms with Crippen LogP contribution in [0, 0.1) is 6.92 Å². The molecule has 1 aliphatic rings. The van der Waals surface area contributed by atoms with Gasteiger partial charge in [0.05, 0.1) is 6.26 Å². The average Bonchev–Trinajstić information content (AvgIpc) is 2.82. The van der Waals surface area contributed by atoms with Crippen LogP contribution in [0.3, 0.4) is 0 Å². The van der Waals surface area contributed by atoms with E-state index in [0.717, 1.165) is 5.56 Å². The largest absolute Gasteiger partial charge is 0.351 e. The number of fused-ring (bicyclic) bond motifs is 1. The molecule has 0 atom stereocenters. The number of carbonyl (C=O) groups excluding carboxylic acids is 1. The van der Waals surface area contributed by atoms with E-state index in [-0.39, 0.29) is 18.1 Å². The number of aromatic nitrogens is 3. The second-order valence-electron chi connectivity index (χ2n) is 8.43. The monoisotopic (exact) mass is 518 g/mol. The van der Waals surface area contributed by atoms with Crippen LogP contribution in [0.15, 0.2) is 46.2 Å². The molecule has 0 saturated carbocycles. The predicted octanol–water partition coefficient (Wildman–Crippen LogP) is 2.14. The van der Waals surface area contributed by atoms with Crippen LogP contribution in [0.5, 0.6) is 0 Å². The summed E-state index contributed by atoms with van der Waals surface area (Å²) in [5.41, 5.74) is 1.31. The third-order valence-corrected chi connectivity index (χ3v) is 7.63. The number of benzene rings is 1. The molecule has 1 fully saturated rings. The number of nitrogens with one attached hydrogen (secondary N) is 2. The Hall–Kier alpha value is -3.00. The molecule has 35 heavy (non-hydrogen) atoms. The molecule has 0 spiro atoms. The molecule has 1 saturated heterocycles. The van der Waals surface area contributed by atoms with E-state index in [4.69, 9.17) is 0 Å². The van der Waals surface area contributed by atoms with Gasteiger partial charge in [-0.1, -0.05) is 0 Å². The van der Waals surface area contributed by atoms with Gasteiger partial charge in [-0.3, -0.25) is 14.2 Å². The molecule has 2 aromatic heterocycles. The van der Waals surface area contributed by atoms with Gasteiger partial charge in [-0.2, -0.15) is 4.98 Å². The molecular weight excluding hydrogens is 492 g/mol. The summed E-state index contributed by atoms with van der Waals surface area (Å²) in [7, 11) is -3.22. The second-order valence-corrected chi connectivity index (χ2v) is 11.1. The standard InChI is InChI=1S/C22H26N6O5S2/c1-14-11-17(34-31)4-5-18(14)25-19(29)13-28-20(30)6-3-15-12-23-22(26-21(15)28)24-16-7-9-27(10-8-16)35(2,32)33/h3-6,11-12,16,31H,7-10,13H2,1-2H3,(H,25,29)(H,23,24,26). The molecule has 0 radical (unpaired) electrons. The van der Waals surface area contributed by atoms with Crippen molar-refractivity contribution in [1.82, 2.24) is 18.8 Å². The normalized spacial score (nSPS) is 15.3. The van der Waals surface area contributed by atoms with E-state index in [2.05, 4.69) is 20.6 Å². The lowest BCUT2D eigenvalue weighted by molar-refractivity contribution is -0.116. The highest BCUT2D eigenvalue weighted by Crippen LogP contribution is 2.22. The third kappa shape index (κ3) is 5.99. The van der Waals surface area contributed by atoms with E-state index < -0.39 is 15.9 Å². The molecule has 11 nitrogen and oxygen atoms in total. The number of rotatable bonds is 7. The van der Waals surface area contributed by atoms with E-state index in [0.29, 0.717) is 65.5 Å². The molecule has 3 heterocycles. The van der Waals surface area contributed by atoms with Crippen molar-refractivity contribution in [3.05, 3.63) is 52.4 Å². The maximum absolute atomic E-state index is 12.8. The van der Waals surface area contributed by atoms with Crippen molar-refractivity contribution in [3.8, 4) is 0 Å². The molecule has 3 N–H and O–H groups in total. The van der Waals surface area contributed by atoms with Crippen LogP contribution in [0.4, 0.5) is 11.6 Å². The van der Waals surface area contributed by atoms with Gasteiger partial charge in [0.15, 0.2) is 0 Å². The number of hydrogen-bond acceptors (Lipinski definition) is 9. The fourth-order valence-electron chi connectivity index (χ4n) is 3.97. The summed E-state index contributed by atoms with van der Waals surface area (Å²) in [6.45, 7) is 2.39. The lowest BCUT2D eigenvalue weighted by Crippen LogP contribution is -2.42. The number of sulfonamides is 1. The molecule has 186 valence electrons. The Kier molecular flexibility index (Phi) is 7.40. The van der Waals surface area contributed by atoms with Crippen LogP contribution >= 0.6 is 12.0 Å². The van der Waals surface area contributed by atoms with Gasteiger partial charge in [0.25, 0.3) is 5.56 Å². The number of pyridine rings is 1.